The van der Waals surface area contributed by atoms with Gasteiger partial charge < -0.3 is 0 Å². The van der Waals surface area contributed by atoms with Gasteiger partial charge in [0.2, 0.25) is 0 Å². The van der Waals surface area contributed by atoms with Crippen LogP contribution >= 0.6 is 0 Å². The Balaban J connectivity index is 2.05. The number of aromatic nitrogens is 2. The average molecular weight is 315 g/mol. The van der Waals surface area contributed by atoms with Gasteiger partial charge in [0.1, 0.15) is 4.90 Å². The third-order valence-electron chi connectivity index (χ3n) is 3.68. The number of nitrogens with zero attached hydrogens (tertiary/aromatic N) is 2. The lowest BCUT2D eigenvalue weighted by atomic mass is 10.1. The fourth-order valence-electron chi connectivity index (χ4n) is 2.53. The number of hydrogen-bond donors (Lipinski definition) is 1. The first-order chi connectivity index (χ1) is 10.5. The Kier molecular flexibility index (Phi) is 3.62. The van der Waals surface area contributed by atoms with Crippen molar-refractivity contribution in [1.82, 2.24) is 9.78 Å². The van der Waals surface area contributed by atoms with Gasteiger partial charge in [-0.25, -0.2) is 8.42 Å². The van der Waals surface area contributed by atoms with Gasteiger partial charge in [0.05, 0.1) is 17.6 Å². The minimum absolute atomic E-state index is 0.210. The van der Waals surface area contributed by atoms with Crippen LogP contribution in [0.3, 0.4) is 0 Å². The first-order valence-corrected chi connectivity index (χ1v) is 8.54. The minimum Gasteiger partial charge on any atom is -0.279 e. The Bertz CT molecular complexity index is 924. The second-order valence-electron chi connectivity index (χ2n) is 5.04. The average Bonchev–Trinajstić information content (AvgIpc) is 2.89. The predicted octanol–water partition coefficient (Wildman–Crippen LogP) is 3.17. The first-order valence-electron chi connectivity index (χ1n) is 7.06. The summed E-state index contributed by atoms with van der Waals surface area (Å²) in [7, 11) is -3.66. The van der Waals surface area contributed by atoms with Gasteiger partial charge in [-0.15, -0.1) is 0 Å². The molecule has 5 nitrogen and oxygen atoms in total. The van der Waals surface area contributed by atoms with Crippen LogP contribution in [-0.2, 0) is 16.6 Å². The summed E-state index contributed by atoms with van der Waals surface area (Å²) in [5.41, 5.74) is 1.21. The standard InChI is InChI=1S/C16H17N3O2S/c1-3-19-12(2)16(11-17-19)22(20,21)18-15-10-6-8-13-7-4-5-9-14(13)15/h4-11,18H,3H2,1-2H3. The Morgan fingerprint density at radius 1 is 1.14 bits per heavy atom. The zero-order valence-electron chi connectivity index (χ0n) is 12.4. The number of benzene rings is 2. The van der Waals surface area contributed by atoms with Crippen LogP contribution in [0.25, 0.3) is 10.8 Å². The molecular formula is C16H17N3O2S. The summed E-state index contributed by atoms with van der Waals surface area (Å²) >= 11 is 0. The molecule has 0 aliphatic carbocycles. The van der Waals surface area contributed by atoms with Crippen LogP contribution in [0.15, 0.2) is 53.6 Å². The van der Waals surface area contributed by atoms with Crippen molar-refractivity contribution < 1.29 is 8.42 Å². The van der Waals surface area contributed by atoms with Crippen molar-refractivity contribution >= 4 is 26.5 Å². The molecule has 6 heteroatoms. The molecule has 3 aromatic rings. The number of sulfonamides is 1. The Morgan fingerprint density at radius 3 is 2.59 bits per heavy atom. The molecule has 0 saturated heterocycles. The first kappa shape index (κ1) is 14.6. The van der Waals surface area contributed by atoms with Gasteiger partial charge in [-0.1, -0.05) is 36.4 Å². The fourth-order valence-corrected chi connectivity index (χ4v) is 3.78. The van der Waals surface area contributed by atoms with E-state index in [2.05, 4.69) is 9.82 Å². The normalized spacial score (nSPS) is 11.7. The molecule has 0 aliphatic heterocycles. The van der Waals surface area contributed by atoms with Crippen LogP contribution in [-0.4, -0.2) is 18.2 Å². The molecule has 0 amide bonds. The van der Waals surface area contributed by atoms with E-state index in [9.17, 15) is 8.42 Å². The van der Waals surface area contributed by atoms with Crippen molar-refractivity contribution in [1.29, 1.82) is 0 Å². The molecule has 1 heterocycles. The monoisotopic (exact) mass is 315 g/mol. The Hall–Kier alpha value is -2.34. The quantitative estimate of drug-likeness (QED) is 0.804. The van der Waals surface area contributed by atoms with Crippen LogP contribution in [0.2, 0.25) is 0 Å². The van der Waals surface area contributed by atoms with Gasteiger partial charge in [-0.05, 0) is 25.3 Å². The summed E-state index contributed by atoms with van der Waals surface area (Å²) < 4.78 is 29.6. The van der Waals surface area contributed by atoms with E-state index >= 15 is 0 Å². The number of hydrogen-bond acceptors (Lipinski definition) is 3. The summed E-state index contributed by atoms with van der Waals surface area (Å²) in [6, 6.07) is 13.2. The molecule has 1 aromatic heterocycles. The smallest absolute Gasteiger partial charge is 0.265 e. The summed E-state index contributed by atoms with van der Waals surface area (Å²) in [5.74, 6) is 0. The van der Waals surface area contributed by atoms with Gasteiger partial charge in [0.15, 0.2) is 0 Å². The second-order valence-corrected chi connectivity index (χ2v) is 6.69. The van der Waals surface area contributed by atoms with E-state index in [1.54, 1.807) is 17.7 Å². The molecule has 0 saturated carbocycles. The molecule has 114 valence electrons. The zero-order chi connectivity index (χ0) is 15.7. The summed E-state index contributed by atoms with van der Waals surface area (Å²) in [4.78, 5) is 0.210. The lowest BCUT2D eigenvalue weighted by Gasteiger charge is -2.10. The van der Waals surface area contributed by atoms with Crippen molar-refractivity contribution in [3.8, 4) is 0 Å². The molecule has 3 rings (SSSR count). The molecule has 0 fully saturated rings. The lowest BCUT2D eigenvalue weighted by Crippen LogP contribution is -2.14. The van der Waals surface area contributed by atoms with Crippen LogP contribution in [0.1, 0.15) is 12.6 Å². The zero-order valence-corrected chi connectivity index (χ0v) is 13.3. The molecule has 2 aromatic carbocycles. The number of anilines is 1. The molecule has 0 aliphatic rings. The van der Waals surface area contributed by atoms with Crippen LogP contribution < -0.4 is 4.72 Å². The molecule has 22 heavy (non-hydrogen) atoms. The Morgan fingerprint density at radius 2 is 1.86 bits per heavy atom. The number of nitrogens with one attached hydrogen (secondary N) is 1. The molecule has 0 spiro atoms. The van der Waals surface area contributed by atoms with Gasteiger partial charge in [-0.3, -0.25) is 9.40 Å². The second kappa shape index (κ2) is 5.46. The van der Waals surface area contributed by atoms with Gasteiger partial charge in [-0.2, -0.15) is 5.10 Å². The number of rotatable bonds is 4. The largest absolute Gasteiger partial charge is 0.279 e. The fraction of sp³-hybridized carbons (Fsp3) is 0.188. The lowest BCUT2D eigenvalue weighted by molar-refractivity contribution is 0.598. The molecular weight excluding hydrogens is 298 g/mol. The van der Waals surface area contributed by atoms with Crippen LogP contribution in [0, 0.1) is 6.92 Å². The summed E-state index contributed by atoms with van der Waals surface area (Å²) in [6.07, 6.45) is 1.40. The molecule has 0 bridgehead atoms. The van der Waals surface area contributed by atoms with Crippen molar-refractivity contribution in [2.45, 2.75) is 25.3 Å². The molecule has 0 atom stereocenters. The van der Waals surface area contributed by atoms with Gasteiger partial charge in [0.25, 0.3) is 10.0 Å². The maximum absolute atomic E-state index is 12.6. The van der Waals surface area contributed by atoms with E-state index in [0.29, 0.717) is 17.9 Å². The molecule has 0 radical (unpaired) electrons. The highest BCUT2D eigenvalue weighted by atomic mass is 32.2. The summed E-state index contributed by atoms with van der Waals surface area (Å²) in [5, 5.41) is 5.96. The molecule has 0 unspecified atom stereocenters. The van der Waals surface area contributed by atoms with Crippen molar-refractivity contribution in [2.24, 2.45) is 0 Å². The van der Waals surface area contributed by atoms with E-state index < -0.39 is 10.0 Å². The highest BCUT2D eigenvalue weighted by Gasteiger charge is 2.21. The van der Waals surface area contributed by atoms with Crippen molar-refractivity contribution in [3.05, 3.63) is 54.4 Å². The topological polar surface area (TPSA) is 64.0 Å². The number of aryl methyl sites for hydroxylation is 1. The third-order valence-corrected chi connectivity index (χ3v) is 5.15. The van der Waals surface area contributed by atoms with E-state index in [1.165, 1.54) is 6.20 Å². The number of fused-ring (bicyclic) bond motifs is 1. The van der Waals surface area contributed by atoms with E-state index in [0.717, 1.165) is 10.8 Å². The Labute approximate surface area is 129 Å². The van der Waals surface area contributed by atoms with Crippen molar-refractivity contribution in [2.75, 3.05) is 4.72 Å². The van der Waals surface area contributed by atoms with E-state index in [1.807, 2.05) is 43.3 Å². The summed E-state index contributed by atoms with van der Waals surface area (Å²) in [6.45, 7) is 4.32. The SMILES string of the molecule is CCn1ncc(S(=O)(=O)Nc2cccc3ccccc23)c1C. The van der Waals surface area contributed by atoms with Gasteiger partial charge >= 0.3 is 0 Å². The maximum atomic E-state index is 12.6. The highest BCUT2D eigenvalue weighted by Crippen LogP contribution is 2.26. The van der Waals surface area contributed by atoms with Crippen LogP contribution in [0.5, 0.6) is 0 Å². The van der Waals surface area contributed by atoms with Crippen LogP contribution in [0.4, 0.5) is 5.69 Å². The molecule has 1 N–H and O–H groups in total. The predicted molar refractivity (Wildman–Crippen MR) is 87.4 cm³/mol. The van der Waals surface area contributed by atoms with Gasteiger partial charge in [0, 0.05) is 11.9 Å². The maximum Gasteiger partial charge on any atom is 0.265 e. The third kappa shape index (κ3) is 2.46. The highest BCUT2D eigenvalue weighted by molar-refractivity contribution is 7.92. The van der Waals surface area contributed by atoms with Crippen molar-refractivity contribution in [3.63, 3.8) is 0 Å². The van der Waals surface area contributed by atoms with E-state index in [4.69, 9.17) is 0 Å². The minimum atomic E-state index is -3.66. The van der Waals surface area contributed by atoms with E-state index in [-0.39, 0.29) is 4.90 Å².